The smallest absolute Gasteiger partial charge is 0.293 e. The van der Waals surface area contributed by atoms with Gasteiger partial charge in [-0.25, -0.2) is 0 Å². The quantitative estimate of drug-likeness (QED) is 0.613. The van der Waals surface area contributed by atoms with E-state index < -0.39 is 0 Å². The molecule has 3 rings (SSSR count). The van der Waals surface area contributed by atoms with Crippen molar-refractivity contribution in [2.45, 2.75) is 39.2 Å². The molecule has 26 heavy (non-hydrogen) atoms. The summed E-state index contributed by atoms with van der Waals surface area (Å²) in [7, 11) is 0. The number of rotatable bonds is 8. The standard InChI is InChI=1S/C18H20N4O3S/c1-2-3-4-7-15-20-21-18(26-15)19-17(24)14-10-9-13(25-14)12-22-11-6-5-8-16(22)23/h5-6,8-11H,2-4,7,12H2,1H3,(H,19,21,24). The van der Waals surface area contributed by atoms with E-state index in [1.807, 2.05) is 0 Å². The van der Waals surface area contributed by atoms with Crippen LogP contribution in [0.25, 0.3) is 0 Å². The van der Waals surface area contributed by atoms with E-state index in [9.17, 15) is 9.59 Å². The van der Waals surface area contributed by atoms with E-state index in [0.717, 1.165) is 30.7 Å². The maximum absolute atomic E-state index is 12.3. The molecule has 0 unspecified atom stereocenters. The molecule has 7 nitrogen and oxygen atoms in total. The Morgan fingerprint density at radius 2 is 2.12 bits per heavy atom. The number of furan rings is 1. The van der Waals surface area contributed by atoms with Crippen LogP contribution in [-0.4, -0.2) is 20.7 Å². The highest BCUT2D eigenvalue weighted by Gasteiger charge is 2.14. The van der Waals surface area contributed by atoms with Crippen LogP contribution in [0, 0.1) is 0 Å². The van der Waals surface area contributed by atoms with E-state index in [4.69, 9.17) is 4.42 Å². The van der Waals surface area contributed by atoms with Crippen LogP contribution in [0.4, 0.5) is 5.13 Å². The lowest BCUT2D eigenvalue weighted by Crippen LogP contribution is -2.18. The highest BCUT2D eigenvalue weighted by atomic mass is 32.1. The summed E-state index contributed by atoms with van der Waals surface area (Å²) >= 11 is 1.38. The molecular formula is C18H20N4O3S. The molecule has 0 saturated carbocycles. The number of pyridine rings is 1. The average Bonchev–Trinajstić information content (AvgIpc) is 3.27. The average molecular weight is 372 g/mol. The molecule has 3 aromatic heterocycles. The van der Waals surface area contributed by atoms with Gasteiger partial charge in [-0.1, -0.05) is 37.2 Å². The summed E-state index contributed by atoms with van der Waals surface area (Å²) in [6, 6.07) is 8.19. The Morgan fingerprint density at radius 1 is 1.23 bits per heavy atom. The van der Waals surface area contributed by atoms with Crippen molar-refractivity contribution in [3.8, 4) is 0 Å². The minimum Gasteiger partial charge on any atom is -0.454 e. The van der Waals surface area contributed by atoms with Gasteiger partial charge < -0.3 is 8.98 Å². The highest BCUT2D eigenvalue weighted by molar-refractivity contribution is 7.15. The Kier molecular flexibility index (Phi) is 5.96. The van der Waals surface area contributed by atoms with Crippen molar-refractivity contribution in [1.82, 2.24) is 14.8 Å². The first-order chi connectivity index (χ1) is 12.7. The van der Waals surface area contributed by atoms with E-state index in [1.54, 1.807) is 30.5 Å². The largest absolute Gasteiger partial charge is 0.454 e. The molecule has 0 spiro atoms. The van der Waals surface area contributed by atoms with Crippen LogP contribution in [0.15, 0.2) is 45.7 Å². The second-order valence-electron chi connectivity index (χ2n) is 5.84. The van der Waals surface area contributed by atoms with Crippen molar-refractivity contribution in [3.63, 3.8) is 0 Å². The molecule has 0 atom stereocenters. The number of amides is 1. The number of carbonyl (C=O) groups excluding carboxylic acids is 1. The van der Waals surface area contributed by atoms with E-state index in [-0.39, 0.29) is 23.8 Å². The van der Waals surface area contributed by atoms with Crippen LogP contribution in [-0.2, 0) is 13.0 Å². The van der Waals surface area contributed by atoms with Gasteiger partial charge in [-0.2, -0.15) is 0 Å². The summed E-state index contributed by atoms with van der Waals surface area (Å²) in [6.45, 7) is 2.42. The van der Waals surface area contributed by atoms with Gasteiger partial charge in [0.1, 0.15) is 10.8 Å². The fraction of sp³-hybridized carbons (Fsp3) is 0.333. The Labute approximate surface area is 154 Å². The van der Waals surface area contributed by atoms with Gasteiger partial charge in [-0.15, -0.1) is 10.2 Å². The zero-order valence-corrected chi connectivity index (χ0v) is 15.3. The normalized spacial score (nSPS) is 10.8. The molecular weight excluding hydrogens is 352 g/mol. The van der Waals surface area contributed by atoms with Crippen molar-refractivity contribution < 1.29 is 9.21 Å². The Hall–Kier alpha value is -2.74. The lowest BCUT2D eigenvalue weighted by Gasteiger charge is -2.01. The summed E-state index contributed by atoms with van der Waals surface area (Å²) < 4.78 is 7.06. The second-order valence-corrected chi connectivity index (χ2v) is 6.91. The fourth-order valence-corrected chi connectivity index (χ4v) is 3.21. The molecule has 0 bridgehead atoms. The van der Waals surface area contributed by atoms with Gasteiger partial charge >= 0.3 is 0 Å². The number of hydrogen-bond donors (Lipinski definition) is 1. The predicted molar refractivity (Wildman–Crippen MR) is 99.6 cm³/mol. The van der Waals surface area contributed by atoms with Gasteiger partial charge in [0.25, 0.3) is 11.5 Å². The summed E-state index contributed by atoms with van der Waals surface area (Å²) in [5, 5.41) is 12.2. The van der Waals surface area contributed by atoms with Crippen LogP contribution >= 0.6 is 11.3 Å². The van der Waals surface area contributed by atoms with Crippen LogP contribution in [0.3, 0.4) is 0 Å². The number of hydrogen-bond acceptors (Lipinski definition) is 6. The molecule has 0 aliphatic carbocycles. The summed E-state index contributed by atoms with van der Waals surface area (Å²) in [5.74, 6) is 0.320. The van der Waals surface area contributed by atoms with E-state index >= 15 is 0 Å². The summed E-state index contributed by atoms with van der Waals surface area (Å²) in [5.41, 5.74) is -0.126. The molecule has 0 saturated heterocycles. The SMILES string of the molecule is CCCCCc1nnc(NC(=O)c2ccc(Cn3ccccc3=O)o2)s1. The monoisotopic (exact) mass is 372 g/mol. The minimum absolute atomic E-state index is 0.126. The zero-order chi connectivity index (χ0) is 18.4. The molecule has 3 aromatic rings. The second kappa shape index (κ2) is 8.57. The first-order valence-corrected chi connectivity index (χ1v) is 9.35. The van der Waals surface area contributed by atoms with E-state index in [0.29, 0.717) is 10.9 Å². The summed E-state index contributed by atoms with van der Waals surface area (Å²) in [4.78, 5) is 24.0. The lowest BCUT2D eigenvalue weighted by molar-refractivity contribution is 0.0994. The zero-order valence-electron chi connectivity index (χ0n) is 14.5. The van der Waals surface area contributed by atoms with E-state index in [1.165, 1.54) is 22.0 Å². The van der Waals surface area contributed by atoms with Crippen LogP contribution in [0.1, 0.15) is 47.5 Å². The number of aromatic nitrogens is 3. The Bertz CT molecular complexity index is 928. The van der Waals surface area contributed by atoms with Gasteiger partial charge in [0.2, 0.25) is 5.13 Å². The molecule has 8 heteroatoms. The molecule has 136 valence electrons. The van der Waals surface area contributed by atoms with Crippen LogP contribution < -0.4 is 10.9 Å². The molecule has 0 fully saturated rings. The van der Waals surface area contributed by atoms with E-state index in [2.05, 4.69) is 22.4 Å². The highest BCUT2D eigenvalue weighted by Crippen LogP contribution is 2.19. The van der Waals surface area contributed by atoms with Gasteiger partial charge in [0, 0.05) is 18.7 Å². The lowest BCUT2D eigenvalue weighted by atomic mass is 10.2. The van der Waals surface area contributed by atoms with Crippen LogP contribution in [0.5, 0.6) is 0 Å². The van der Waals surface area contributed by atoms with Crippen molar-refractivity contribution in [2.24, 2.45) is 0 Å². The summed E-state index contributed by atoms with van der Waals surface area (Å²) in [6.07, 6.45) is 5.92. The maximum Gasteiger partial charge on any atom is 0.293 e. The third-order valence-corrected chi connectivity index (χ3v) is 4.69. The minimum atomic E-state index is -0.382. The maximum atomic E-state index is 12.3. The van der Waals surface area contributed by atoms with Crippen LogP contribution in [0.2, 0.25) is 0 Å². The Morgan fingerprint density at radius 3 is 2.92 bits per heavy atom. The first-order valence-electron chi connectivity index (χ1n) is 8.53. The number of unbranched alkanes of at least 4 members (excludes halogenated alkanes) is 2. The molecule has 0 aliphatic rings. The van der Waals surface area contributed by atoms with Gasteiger partial charge in [0.15, 0.2) is 5.76 Å². The number of nitrogens with zero attached hydrogens (tertiary/aromatic N) is 3. The van der Waals surface area contributed by atoms with Crippen molar-refractivity contribution in [1.29, 1.82) is 0 Å². The first kappa shape index (κ1) is 18.1. The molecule has 3 heterocycles. The molecule has 0 radical (unpaired) electrons. The van der Waals surface area contributed by atoms with Crippen molar-refractivity contribution in [2.75, 3.05) is 5.32 Å². The van der Waals surface area contributed by atoms with Crippen molar-refractivity contribution >= 4 is 22.4 Å². The molecule has 0 aliphatic heterocycles. The Balaban J connectivity index is 1.60. The van der Waals surface area contributed by atoms with Gasteiger partial charge in [-0.3, -0.25) is 14.9 Å². The molecule has 1 amide bonds. The number of anilines is 1. The van der Waals surface area contributed by atoms with Gasteiger partial charge in [0.05, 0.1) is 6.54 Å². The molecule has 1 N–H and O–H groups in total. The molecule has 0 aromatic carbocycles. The number of carbonyl (C=O) groups is 1. The third-order valence-electron chi connectivity index (χ3n) is 3.79. The third kappa shape index (κ3) is 4.66. The predicted octanol–water partition coefficient (Wildman–Crippen LogP) is 3.33. The number of nitrogens with one attached hydrogen (secondary N) is 1. The topological polar surface area (TPSA) is 90.0 Å². The van der Waals surface area contributed by atoms with Gasteiger partial charge in [-0.05, 0) is 24.6 Å². The fourth-order valence-electron chi connectivity index (χ4n) is 2.43. The number of aryl methyl sites for hydroxylation is 1. The van der Waals surface area contributed by atoms with Crippen molar-refractivity contribution in [3.05, 3.63) is 63.4 Å².